The number of carbonyl (C=O) groups is 1. The van der Waals surface area contributed by atoms with Gasteiger partial charge >= 0.3 is 0 Å². The molecule has 2 N–H and O–H groups in total. The van der Waals surface area contributed by atoms with E-state index in [1.807, 2.05) is 6.92 Å². The molecule has 1 aromatic carbocycles. The highest BCUT2D eigenvalue weighted by Gasteiger charge is 2.28. The van der Waals surface area contributed by atoms with E-state index in [1.165, 1.54) is 22.0 Å². The second kappa shape index (κ2) is 9.55. The van der Waals surface area contributed by atoms with Crippen molar-refractivity contribution in [3.8, 4) is 0 Å². The predicted molar refractivity (Wildman–Crippen MR) is 113 cm³/mol. The first-order valence-corrected chi connectivity index (χ1v) is 12.0. The van der Waals surface area contributed by atoms with E-state index in [0.717, 1.165) is 24.3 Å². The highest BCUT2D eigenvalue weighted by Crippen LogP contribution is 2.24. The molecule has 29 heavy (non-hydrogen) atoms. The van der Waals surface area contributed by atoms with Gasteiger partial charge in [0.1, 0.15) is 0 Å². The van der Waals surface area contributed by atoms with Crippen LogP contribution in [0, 0.1) is 12.8 Å². The number of carbonyl (C=O) groups excluding carboxylic acids is 1. The lowest BCUT2D eigenvalue weighted by Gasteiger charge is -2.30. The van der Waals surface area contributed by atoms with Crippen LogP contribution in [0.15, 0.2) is 23.1 Å². The van der Waals surface area contributed by atoms with Gasteiger partial charge in [-0.3, -0.25) is 4.79 Å². The molecule has 2 aliphatic rings. The summed E-state index contributed by atoms with van der Waals surface area (Å²) >= 11 is 0. The highest BCUT2D eigenvalue weighted by molar-refractivity contribution is 7.89. The van der Waals surface area contributed by atoms with Crippen LogP contribution in [0.25, 0.3) is 0 Å². The Morgan fingerprint density at radius 3 is 2.52 bits per heavy atom. The van der Waals surface area contributed by atoms with Crippen LogP contribution in [0.1, 0.15) is 38.2 Å². The first-order chi connectivity index (χ1) is 13.8. The molecule has 1 unspecified atom stereocenters. The van der Waals surface area contributed by atoms with E-state index in [-0.39, 0.29) is 10.8 Å². The number of likely N-dealkylation sites (N-methyl/N-ethyl adjacent to an activating group) is 1. The second-order valence-corrected chi connectivity index (χ2v) is 10.5. The van der Waals surface area contributed by atoms with Crippen LogP contribution >= 0.6 is 0 Å². The molecule has 1 aliphatic heterocycles. The van der Waals surface area contributed by atoms with E-state index in [9.17, 15) is 13.2 Å². The molecule has 1 heterocycles. The van der Waals surface area contributed by atoms with E-state index < -0.39 is 10.0 Å². The van der Waals surface area contributed by atoms with Crippen molar-refractivity contribution in [1.29, 1.82) is 0 Å². The van der Waals surface area contributed by atoms with E-state index in [2.05, 4.69) is 19.3 Å². The van der Waals surface area contributed by atoms with Gasteiger partial charge in [-0.25, -0.2) is 8.42 Å². The van der Waals surface area contributed by atoms with Crippen LogP contribution in [0.5, 0.6) is 0 Å². The van der Waals surface area contributed by atoms with Crippen LogP contribution in [-0.4, -0.2) is 64.6 Å². The number of anilines is 1. The Bertz CT molecular complexity index is 813. The van der Waals surface area contributed by atoms with Crippen LogP contribution in [0.4, 0.5) is 5.69 Å². The molecule has 0 aromatic heterocycles. The third kappa shape index (κ3) is 5.57. The van der Waals surface area contributed by atoms with Gasteiger partial charge in [0.05, 0.1) is 31.2 Å². The molecule has 162 valence electrons. The largest absolute Gasteiger partial charge is 0.379 e. The Hall–Kier alpha value is -1.48. The van der Waals surface area contributed by atoms with Crippen LogP contribution in [0.3, 0.4) is 0 Å². The zero-order chi connectivity index (χ0) is 21.0. The zero-order valence-corrected chi connectivity index (χ0v) is 18.6. The molecule has 0 spiro atoms. The summed E-state index contributed by atoms with van der Waals surface area (Å²) in [6.45, 7) is 6.07. The smallest absolute Gasteiger partial charge is 0.279 e. The van der Waals surface area contributed by atoms with Crippen LogP contribution < -0.4 is 10.2 Å². The molecule has 1 amide bonds. The molecule has 2 fully saturated rings. The molecule has 8 heteroatoms. The Morgan fingerprint density at radius 2 is 1.86 bits per heavy atom. The molecule has 3 rings (SSSR count). The third-order valence-corrected chi connectivity index (χ3v) is 8.14. The van der Waals surface area contributed by atoms with Gasteiger partial charge in [0.15, 0.2) is 6.54 Å². The van der Waals surface area contributed by atoms with E-state index in [0.29, 0.717) is 44.6 Å². The lowest BCUT2D eigenvalue weighted by atomic mass is 9.87. The average molecular weight is 425 g/mol. The maximum Gasteiger partial charge on any atom is 0.279 e. The predicted octanol–water partition coefficient (Wildman–Crippen LogP) is 1.05. The average Bonchev–Trinajstić information content (AvgIpc) is 2.70. The van der Waals surface area contributed by atoms with Crippen LogP contribution in [-0.2, 0) is 19.6 Å². The number of aryl methyl sites for hydroxylation is 1. The fourth-order valence-corrected chi connectivity index (χ4v) is 5.61. The molecule has 1 aromatic rings. The Balaban J connectivity index is 1.66. The normalized spacial score (nSPS) is 24.8. The van der Waals surface area contributed by atoms with Crippen LogP contribution in [0.2, 0.25) is 0 Å². The van der Waals surface area contributed by atoms with E-state index >= 15 is 0 Å². The monoisotopic (exact) mass is 424 g/mol. The maximum absolute atomic E-state index is 12.9. The minimum absolute atomic E-state index is 0.0786. The lowest BCUT2D eigenvalue weighted by molar-refractivity contribution is -0.899. The summed E-state index contributed by atoms with van der Waals surface area (Å²) in [5.41, 5.74) is 1.41. The van der Waals surface area contributed by atoms with Gasteiger partial charge in [-0.1, -0.05) is 13.0 Å². The van der Waals surface area contributed by atoms with Crippen molar-refractivity contribution < 1.29 is 22.8 Å². The first kappa shape index (κ1) is 22.2. The number of sulfonamides is 1. The van der Waals surface area contributed by atoms with Gasteiger partial charge in [-0.2, -0.15) is 4.31 Å². The number of hydrogen-bond acceptors (Lipinski definition) is 4. The number of nitrogens with zero attached hydrogens (tertiary/aromatic N) is 1. The summed E-state index contributed by atoms with van der Waals surface area (Å²) in [7, 11) is -1.51. The lowest BCUT2D eigenvalue weighted by Crippen LogP contribution is -3.14. The summed E-state index contributed by atoms with van der Waals surface area (Å²) < 4.78 is 32.5. The Kier molecular flexibility index (Phi) is 7.32. The molecule has 1 aliphatic carbocycles. The van der Waals surface area contributed by atoms with Gasteiger partial charge in [-0.15, -0.1) is 0 Å². The summed E-state index contributed by atoms with van der Waals surface area (Å²) in [5, 5.41) is 2.94. The summed E-state index contributed by atoms with van der Waals surface area (Å²) in [6, 6.07) is 5.46. The van der Waals surface area contributed by atoms with Crippen molar-refractivity contribution in [1.82, 2.24) is 4.31 Å². The fourth-order valence-electron chi connectivity index (χ4n) is 4.18. The van der Waals surface area contributed by atoms with Crippen molar-refractivity contribution in [2.75, 3.05) is 45.2 Å². The Morgan fingerprint density at radius 1 is 1.21 bits per heavy atom. The quantitative estimate of drug-likeness (QED) is 0.715. The fraction of sp³-hybridized carbons (Fsp3) is 0.667. The van der Waals surface area contributed by atoms with Gasteiger partial charge in [0.2, 0.25) is 10.0 Å². The molecule has 1 saturated heterocycles. The third-order valence-electron chi connectivity index (χ3n) is 6.24. The number of nitrogens with one attached hydrogen (secondary N) is 2. The highest BCUT2D eigenvalue weighted by atomic mass is 32.2. The van der Waals surface area contributed by atoms with E-state index in [4.69, 9.17) is 4.74 Å². The number of hydrogen-bond donors (Lipinski definition) is 2. The number of rotatable bonds is 6. The number of quaternary nitrogens is 1. The van der Waals surface area contributed by atoms with Crippen molar-refractivity contribution in [2.45, 2.75) is 50.5 Å². The van der Waals surface area contributed by atoms with Gasteiger partial charge in [0, 0.05) is 18.8 Å². The topological polar surface area (TPSA) is 80.2 Å². The minimum atomic E-state index is -3.59. The molecule has 1 atom stereocenters. The number of ether oxygens (including phenoxy) is 1. The molecule has 1 saturated carbocycles. The molecular formula is C21H34N3O4S+. The standard InChI is InChI=1S/C21H33N3O4S/c1-16-4-7-18(8-5-16)23(3)15-21(25)22-20-14-19(9-6-17(20)2)29(26,27)24-10-12-28-13-11-24/h6,9,14,16,18H,4-5,7-8,10-13,15H2,1-3H3,(H,22,25)/p+1. The van der Waals surface area contributed by atoms with Crippen molar-refractivity contribution in [3.05, 3.63) is 23.8 Å². The number of amides is 1. The van der Waals surface area contributed by atoms with Crippen molar-refractivity contribution in [2.24, 2.45) is 5.92 Å². The summed E-state index contributed by atoms with van der Waals surface area (Å²) in [4.78, 5) is 14.1. The maximum atomic E-state index is 12.9. The molecule has 0 bridgehead atoms. The number of benzene rings is 1. The van der Waals surface area contributed by atoms with Crippen molar-refractivity contribution >= 4 is 21.6 Å². The van der Waals surface area contributed by atoms with Gasteiger partial charge < -0.3 is 15.0 Å². The molecule has 0 radical (unpaired) electrons. The minimum Gasteiger partial charge on any atom is -0.379 e. The second-order valence-electron chi connectivity index (χ2n) is 8.52. The summed E-state index contributed by atoms with van der Waals surface area (Å²) in [5.74, 6) is 0.705. The van der Waals surface area contributed by atoms with Gasteiger partial charge in [0.25, 0.3) is 5.91 Å². The zero-order valence-electron chi connectivity index (χ0n) is 17.7. The molecular weight excluding hydrogens is 390 g/mol. The Labute approximate surface area is 174 Å². The molecule has 7 nitrogen and oxygen atoms in total. The van der Waals surface area contributed by atoms with Gasteiger partial charge in [-0.05, 0) is 56.2 Å². The van der Waals surface area contributed by atoms with E-state index in [1.54, 1.807) is 18.2 Å². The SMILES string of the molecule is Cc1ccc(S(=O)(=O)N2CCOCC2)cc1NC(=O)C[NH+](C)C1CCC(C)CC1. The number of morpholine rings is 1. The summed E-state index contributed by atoms with van der Waals surface area (Å²) in [6.07, 6.45) is 4.77. The van der Waals surface area contributed by atoms with Crippen molar-refractivity contribution in [3.63, 3.8) is 0 Å². The first-order valence-electron chi connectivity index (χ1n) is 10.6.